The summed E-state index contributed by atoms with van der Waals surface area (Å²) in [6.45, 7) is 0. The van der Waals surface area contributed by atoms with Crippen molar-refractivity contribution in [2.75, 3.05) is 5.32 Å². The summed E-state index contributed by atoms with van der Waals surface area (Å²) in [6.07, 6.45) is 6.93. The maximum absolute atomic E-state index is 9.76. The summed E-state index contributed by atoms with van der Waals surface area (Å²) in [5.74, 6) is 0.399. The Labute approximate surface area is 99.4 Å². The summed E-state index contributed by atoms with van der Waals surface area (Å²) in [5.41, 5.74) is 3.14. The molecule has 1 aromatic heterocycles. The lowest BCUT2D eigenvalue weighted by Crippen LogP contribution is -2.07. The Morgan fingerprint density at radius 1 is 1.24 bits per heavy atom. The summed E-state index contributed by atoms with van der Waals surface area (Å²) in [4.78, 5) is 7.95. The molecule has 3 rings (SSSR count). The van der Waals surface area contributed by atoms with Crippen molar-refractivity contribution in [1.82, 2.24) is 9.97 Å². The highest BCUT2D eigenvalue weighted by atomic mass is 16.3. The van der Waals surface area contributed by atoms with Crippen molar-refractivity contribution in [3.8, 4) is 5.75 Å². The Kier molecular flexibility index (Phi) is 2.40. The van der Waals surface area contributed by atoms with Gasteiger partial charge in [0.1, 0.15) is 12.1 Å². The SMILES string of the molecule is Oc1cccc2c1CCC2Nc1cncnc1. The standard InChI is InChI=1S/C13H13N3O/c17-13-3-1-2-10-11(13)4-5-12(10)16-9-6-14-8-15-7-9/h1-3,6-8,12,16-17H,4-5H2. The van der Waals surface area contributed by atoms with Gasteiger partial charge in [-0.2, -0.15) is 0 Å². The molecule has 0 saturated heterocycles. The van der Waals surface area contributed by atoms with Gasteiger partial charge in [0, 0.05) is 0 Å². The zero-order valence-corrected chi connectivity index (χ0v) is 9.30. The molecule has 0 saturated carbocycles. The van der Waals surface area contributed by atoms with Gasteiger partial charge in [-0.25, -0.2) is 9.97 Å². The molecule has 4 nitrogen and oxygen atoms in total. The van der Waals surface area contributed by atoms with Gasteiger partial charge in [-0.3, -0.25) is 0 Å². The Morgan fingerprint density at radius 2 is 2.06 bits per heavy atom. The van der Waals surface area contributed by atoms with E-state index in [4.69, 9.17) is 0 Å². The van der Waals surface area contributed by atoms with Crippen LogP contribution >= 0.6 is 0 Å². The van der Waals surface area contributed by atoms with Gasteiger partial charge in [0.2, 0.25) is 0 Å². The molecule has 1 heterocycles. The van der Waals surface area contributed by atoms with E-state index in [2.05, 4.69) is 21.4 Å². The van der Waals surface area contributed by atoms with E-state index in [0.29, 0.717) is 5.75 Å². The van der Waals surface area contributed by atoms with Crippen LogP contribution in [0.1, 0.15) is 23.6 Å². The number of hydrogen-bond donors (Lipinski definition) is 2. The van der Waals surface area contributed by atoms with Gasteiger partial charge in [-0.15, -0.1) is 0 Å². The van der Waals surface area contributed by atoms with Crippen LogP contribution in [-0.4, -0.2) is 15.1 Å². The molecule has 86 valence electrons. The Balaban J connectivity index is 1.87. The minimum atomic E-state index is 0.239. The van der Waals surface area contributed by atoms with Crippen LogP contribution in [0, 0.1) is 0 Å². The summed E-state index contributed by atoms with van der Waals surface area (Å²) in [6, 6.07) is 5.93. The topological polar surface area (TPSA) is 58.0 Å². The normalized spacial score (nSPS) is 17.8. The first-order valence-corrected chi connectivity index (χ1v) is 5.67. The van der Waals surface area contributed by atoms with E-state index in [1.807, 2.05) is 6.07 Å². The highest BCUT2D eigenvalue weighted by molar-refractivity contribution is 5.49. The van der Waals surface area contributed by atoms with Crippen molar-refractivity contribution >= 4 is 5.69 Å². The molecular formula is C13H13N3O. The molecular weight excluding hydrogens is 214 g/mol. The van der Waals surface area contributed by atoms with Crippen LogP contribution in [0.5, 0.6) is 5.75 Å². The van der Waals surface area contributed by atoms with Crippen LogP contribution in [0.15, 0.2) is 36.9 Å². The van der Waals surface area contributed by atoms with Crippen molar-refractivity contribution in [1.29, 1.82) is 0 Å². The highest BCUT2D eigenvalue weighted by Crippen LogP contribution is 2.37. The maximum Gasteiger partial charge on any atom is 0.119 e. The van der Waals surface area contributed by atoms with Crippen LogP contribution in [0.4, 0.5) is 5.69 Å². The van der Waals surface area contributed by atoms with Gasteiger partial charge in [0.25, 0.3) is 0 Å². The Morgan fingerprint density at radius 3 is 2.88 bits per heavy atom. The van der Waals surface area contributed by atoms with E-state index in [9.17, 15) is 5.11 Å². The fourth-order valence-electron chi connectivity index (χ4n) is 2.36. The number of phenols is 1. The quantitative estimate of drug-likeness (QED) is 0.826. The van der Waals surface area contributed by atoms with Crippen molar-refractivity contribution < 1.29 is 5.11 Å². The largest absolute Gasteiger partial charge is 0.508 e. The van der Waals surface area contributed by atoms with E-state index < -0.39 is 0 Å². The van der Waals surface area contributed by atoms with Gasteiger partial charge in [0.15, 0.2) is 0 Å². The van der Waals surface area contributed by atoms with E-state index in [0.717, 1.165) is 24.1 Å². The van der Waals surface area contributed by atoms with Crippen molar-refractivity contribution in [2.45, 2.75) is 18.9 Å². The average Bonchev–Trinajstić information content (AvgIpc) is 2.76. The number of nitrogens with zero attached hydrogens (tertiary/aromatic N) is 2. The molecule has 2 aromatic rings. The van der Waals surface area contributed by atoms with Crippen molar-refractivity contribution in [3.05, 3.63) is 48.0 Å². The molecule has 2 N–H and O–H groups in total. The molecule has 0 aliphatic heterocycles. The zero-order valence-electron chi connectivity index (χ0n) is 9.30. The number of hydrogen-bond acceptors (Lipinski definition) is 4. The number of fused-ring (bicyclic) bond motifs is 1. The summed E-state index contributed by atoms with van der Waals surface area (Å²) in [7, 11) is 0. The molecule has 0 radical (unpaired) electrons. The number of aromatic nitrogens is 2. The van der Waals surface area contributed by atoms with Gasteiger partial charge < -0.3 is 10.4 Å². The Bertz CT molecular complexity index is 527. The number of benzene rings is 1. The third-order valence-corrected chi connectivity index (χ3v) is 3.15. The smallest absolute Gasteiger partial charge is 0.119 e. The zero-order chi connectivity index (χ0) is 11.7. The van der Waals surface area contributed by atoms with Gasteiger partial charge in [-0.05, 0) is 30.0 Å². The minimum absolute atomic E-state index is 0.239. The van der Waals surface area contributed by atoms with E-state index in [1.54, 1.807) is 18.5 Å². The lowest BCUT2D eigenvalue weighted by atomic mass is 10.1. The van der Waals surface area contributed by atoms with Crippen LogP contribution < -0.4 is 5.32 Å². The number of anilines is 1. The van der Waals surface area contributed by atoms with Crippen LogP contribution in [0.25, 0.3) is 0 Å². The molecule has 4 heteroatoms. The fraction of sp³-hybridized carbons (Fsp3) is 0.231. The Hall–Kier alpha value is -2.10. The van der Waals surface area contributed by atoms with E-state index in [-0.39, 0.29) is 6.04 Å². The number of aromatic hydroxyl groups is 1. The molecule has 1 unspecified atom stereocenters. The third kappa shape index (κ3) is 1.82. The second kappa shape index (κ2) is 4.05. The first-order chi connectivity index (χ1) is 8.34. The summed E-state index contributed by atoms with van der Waals surface area (Å²) >= 11 is 0. The monoisotopic (exact) mass is 227 g/mol. The van der Waals surface area contributed by atoms with Gasteiger partial charge in [0.05, 0.1) is 24.1 Å². The lowest BCUT2D eigenvalue weighted by Gasteiger charge is -2.14. The van der Waals surface area contributed by atoms with Gasteiger partial charge in [-0.1, -0.05) is 12.1 Å². The van der Waals surface area contributed by atoms with Gasteiger partial charge >= 0.3 is 0 Å². The minimum Gasteiger partial charge on any atom is -0.508 e. The number of rotatable bonds is 2. The lowest BCUT2D eigenvalue weighted by molar-refractivity contribution is 0.469. The average molecular weight is 227 g/mol. The van der Waals surface area contributed by atoms with E-state index >= 15 is 0 Å². The summed E-state index contributed by atoms with van der Waals surface area (Å²) < 4.78 is 0. The second-order valence-corrected chi connectivity index (χ2v) is 4.21. The fourth-order valence-corrected chi connectivity index (χ4v) is 2.36. The maximum atomic E-state index is 9.76. The molecule has 17 heavy (non-hydrogen) atoms. The van der Waals surface area contributed by atoms with Crippen LogP contribution in [0.3, 0.4) is 0 Å². The molecule has 0 fully saturated rings. The second-order valence-electron chi connectivity index (χ2n) is 4.21. The predicted octanol–water partition coefficient (Wildman–Crippen LogP) is 2.28. The van der Waals surface area contributed by atoms with E-state index in [1.165, 1.54) is 11.9 Å². The molecule has 0 bridgehead atoms. The number of phenolic OH excluding ortho intramolecular Hbond substituents is 1. The molecule has 0 amide bonds. The first-order valence-electron chi connectivity index (χ1n) is 5.67. The predicted molar refractivity (Wildman–Crippen MR) is 64.8 cm³/mol. The summed E-state index contributed by atoms with van der Waals surface area (Å²) in [5, 5.41) is 13.2. The molecule has 0 spiro atoms. The third-order valence-electron chi connectivity index (χ3n) is 3.15. The van der Waals surface area contributed by atoms with Crippen LogP contribution in [0.2, 0.25) is 0 Å². The molecule has 1 aliphatic rings. The van der Waals surface area contributed by atoms with Crippen molar-refractivity contribution in [3.63, 3.8) is 0 Å². The molecule has 1 aromatic carbocycles. The van der Waals surface area contributed by atoms with Crippen molar-refractivity contribution in [2.24, 2.45) is 0 Å². The molecule has 1 aliphatic carbocycles. The molecule has 1 atom stereocenters. The highest BCUT2D eigenvalue weighted by Gasteiger charge is 2.24. The number of nitrogens with one attached hydrogen (secondary N) is 1. The van der Waals surface area contributed by atoms with Crippen LogP contribution in [-0.2, 0) is 6.42 Å². The first kappa shape index (κ1) is 10.1.